The number of carbonyl (C=O) groups excluding carboxylic acids is 1. The third-order valence-corrected chi connectivity index (χ3v) is 5.74. The lowest BCUT2D eigenvalue weighted by Gasteiger charge is -2.37. The molecule has 27 heavy (non-hydrogen) atoms. The van der Waals surface area contributed by atoms with E-state index in [1.54, 1.807) is 0 Å². The van der Waals surface area contributed by atoms with Gasteiger partial charge in [-0.25, -0.2) is 0 Å². The largest absolute Gasteiger partial charge is 0.491 e. The second kappa shape index (κ2) is 8.19. The van der Waals surface area contributed by atoms with Crippen molar-refractivity contribution in [3.63, 3.8) is 0 Å². The Labute approximate surface area is 162 Å². The van der Waals surface area contributed by atoms with E-state index in [0.29, 0.717) is 13.2 Å². The molecule has 4 atom stereocenters. The van der Waals surface area contributed by atoms with Gasteiger partial charge < -0.3 is 19.9 Å². The lowest BCUT2D eigenvalue weighted by molar-refractivity contribution is -0.149. The molecule has 0 amide bonds. The zero-order valence-corrected chi connectivity index (χ0v) is 17.0. The third kappa shape index (κ3) is 4.64. The number of ether oxygens (including phenoxy) is 2. The van der Waals surface area contributed by atoms with E-state index in [2.05, 4.69) is 32.2 Å². The van der Waals surface area contributed by atoms with E-state index in [1.165, 1.54) is 5.56 Å². The highest BCUT2D eigenvalue weighted by atomic mass is 16.5. The predicted octanol–water partition coefficient (Wildman–Crippen LogP) is 3.49. The summed E-state index contributed by atoms with van der Waals surface area (Å²) >= 11 is 0. The molecule has 0 spiro atoms. The van der Waals surface area contributed by atoms with Gasteiger partial charge in [-0.1, -0.05) is 39.3 Å². The van der Waals surface area contributed by atoms with Crippen molar-refractivity contribution in [1.82, 2.24) is 5.32 Å². The Balaban J connectivity index is 1.65. The quantitative estimate of drug-likeness (QED) is 0.789. The molecule has 150 valence electrons. The molecule has 1 aromatic rings. The SMILES string of the molecule is CCOC(=O)C1CCCC(N[C@@H]2COc3cc(C(C)(C)C)ccc3[C@@H]2O)C1. The number of hydrogen-bond acceptors (Lipinski definition) is 5. The van der Waals surface area contributed by atoms with Gasteiger partial charge in [0.05, 0.1) is 18.6 Å². The number of esters is 1. The molecule has 1 saturated carbocycles. The van der Waals surface area contributed by atoms with E-state index < -0.39 is 6.10 Å². The molecule has 0 aromatic heterocycles. The third-order valence-electron chi connectivity index (χ3n) is 5.74. The first-order valence-corrected chi connectivity index (χ1v) is 10.2. The van der Waals surface area contributed by atoms with E-state index >= 15 is 0 Å². The first kappa shape index (κ1) is 20.2. The molecule has 2 unspecified atom stereocenters. The summed E-state index contributed by atoms with van der Waals surface area (Å²) < 4.78 is 11.2. The minimum absolute atomic E-state index is 0.0421. The Hall–Kier alpha value is -1.59. The van der Waals surface area contributed by atoms with Crippen molar-refractivity contribution in [2.45, 2.75) is 77.0 Å². The number of aliphatic hydroxyl groups is 1. The topological polar surface area (TPSA) is 67.8 Å². The Bertz CT molecular complexity index is 667. The number of rotatable bonds is 4. The number of carbonyl (C=O) groups is 1. The Kier molecular flexibility index (Phi) is 6.11. The molecule has 0 saturated heterocycles. The van der Waals surface area contributed by atoms with Crippen LogP contribution in [0.25, 0.3) is 0 Å². The van der Waals surface area contributed by atoms with Gasteiger partial charge in [0, 0.05) is 11.6 Å². The van der Waals surface area contributed by atoms with Gasteiger partial charge in [0.25, 0.3) is 0 Å². The molecule has 2 aliphatic rings. The zero-order valence-electron chi connectivity index (χ0n) is 17.0. The predicted molar refractivity (Wildman–Crippen MR) is 105 cm³/mol. The van der Waals surface area contributed by atoms with Gasteiger partial charge in [-0.3, -0.25) is 4.79 Å². The normalized spacial score (nSPS) is 28.2. The second-order valence-electron chi connectivity index (χ2n) is 8.84. The average Bonchev–Trinajstić information content (AvgIpc) is 2.63. The zero-order chi connectivity index (χ0) is 19.6. The second-order valence-corrected chi connectivity index (χ2v) is 8.84. The van der Waals surface area contributed by atoms with Crippen LogP contribution in [0.2, 0.25) is 0 Å². The van der Waals surface area contributed by atoms with Crippen LogP contribution in [0, 0.1) is 5.92 Å². The van der Waals surface area contributed by atoms with Crippen molar-refractivity contribution < 1.29 is 19.4 Å². The summed E-state index contributed by atoms with van der Waals surface area (Å²) in [6, 6.07) is 6.14. The van der Waals surface area contributed by atoms with E-state index in [1.807, 2.05) is 19.1 Å². The fourth-order valence-corrected chi connectivity index (χ4v) is 4.12. The molecule has 1 aliphatic heterocycles. The van der Waals surface area contributed by atoms with Crippen LogP contribution in [0.3, 0.4) is 0 Å². The number of aliphatic hydroxyl groups excluding tert-OH is 1. The summed E-state index contributed by atoms with van der Waals surface area (Å²) in [7, 11) is 0. The molecule has 0 bridgehead atoms. The molecule has 1 heterocycles. The number of nitrogens with one attached hydrogen (secondary N) is 1. The summed E-state index contributed by atoms with van der Waals surface area (Å²) in [4.78, 5) is 12.1. The summed E-state index contributed by atoms with van der Waals surface area (Å²) in [5.41, 5.74) is 2.08. The van der Waals surface area contributed by atoms with E-state index in [0.717, 1.165) is 37.0 Å². The smallest absolute Gasteiger partial charge is 0.308 e. The average molecular weight is 376 g/mol. The van der Waals surface area contributed by atoms with Crippen LogP contribution in [0.15, 0.2) is 18.2 Å². The lowest BCUT2D eigenvalue weighted by Crippen LogP contribution is -2.49. The van der Waals surface area contributed by atoms with Crippen LogP contribution in [0.4, 0.5) is 0 Å². The minimum atomic E-state index is -0.606. The monoisotopic (exact) mass is 375 g/mol. The summed E-state index contributed by atoms with van der Waals surface area (Å²) in [6.45, 7) is 9.21. The van der Waals surface area contributed by atoms with Crippen molar-refractivity contribution in [2.24, 2.45) is 5.92 Å². The van der Waals surface area contributed by atoms with Gasteiger partial charge in [0.2, 0.25) is 0 Å². The van der Waals surface area contributed by atoms with Gasteiger partial charge in [0.1, 0.15) is 18.5 Å². The number of fused-ring (bicyclic) bond motifs is 1. The first-order valence-electron chi connectivity index (χ1n) is 10.2. The molecular weight excluding hydrogens is 342 g/mol. The highest BCUT2D eigenvalue weighted by molar-refractivity contribution is 5.72. The van der Waals surface area contributed by atoms with Crippen LogP contribution >= 0.6 is 0 Å². The first-order chi connectivity index (χ1) is 12.8. The molecule has 5 nitrogen and oxygen atoms in total. The number of benzene rings is 1. The van der Waals surface area contributed by atoms with Crippen LogP contribution in [0.1, 0.15) is 70.6 Å². The summed E-state index contributed by atoms with van der Waals surface area (Å²) in [5.74, 6) is 0.644. The van der Waals surface area contributed by atoms with Crippen molar-refractivity contribution in [1.29, 1.82) is 0 Å². The summed E-state index contributed by atoms with van der Waals surface area (Å²) in [6.07, 6.45) is 3.05. The van der Waals surface area contributed by atoms with Crippen LogP contribution in [-0.2, 0) is 14.9 Å². The maximum absolute atomic E-state index is 12.1. The standard InChI is InChI=1S/C22H33NO4/c1-5-26-21(25)14-7-6-8-16(11-14)23-18-13-27-19-12-15(22(2,3)4)9-10-17(19)20(18)24/h9-10,12,14,16,18,20,23-24H,5-8,11,13H2,1-4H3/t14?,16?,18-,20+/m1/s1. The molecular formula is C22H33NO4. The highest BCUT2D eigenvalue weighted by Gasteiger charge is 2.34. The fraction of sp³-hybridized carbons (Fsp3) is 0.682. The molecule has 1 aromatic carbocycles. The van der Waals surface area contributed by atoms with Crippen molar-refractivity contribution in [3.05, 3.63) is 29.3 Å². The fourth-order valence-electron chi connectivity index (χ4n) is 4.12. The maximum Gasteiger partial charge on any atom is 0.308 e. The molecule has 2 N–H and O–H groups in total. The van der Waals surface area contributed by atoms with Crippen LogP contribution in [-0.4, -0.2) is 36.4 Å². The molecule has 5 heteroatoms. The van der Waals surface area contributed by atoms with E-state index in [4.69, 9.17) is 9.47 Å². The van der Waals surface area contributed by atoms with E-state index in [-0.39, 0.29) is 29.4 Å². The van der Waals surface area contributed by atoms with Crippen LogP contribution in [0.5, 0.6) is 5.75 Å². The highest BCUT2D eigenvalue weighted by Crippen LogP contribution is 2.36. The Morgan fingerprint density at radius 3 is 2.81 bits per heavy atom. The molecule has 1 aliphatic carbocycles. The molecule has 1 fully saturated rings. The Morgan fingerprint density at radius 1 is 1.33 bits per heavy atom. The minimum Gasteiger partial charge on any atom is -0.491 e. The van der Waals surface area contributed by atoms with Gasteiger partial charge in [0.15, 0.2) is 0 Å². The summed E-state index contributed by atoms with van der Waals surface area (Å²) in [5, 5.41) is 14.4. The van der Waals surface area contributed by atoms with Gasteiger partial charge >= 0.3 is 5.97 Å². The van der Waals surface area contributed by atoms with Gasteiger partial charge in [-0.15, -0.1) is 0 Å². The number of hydrogen-bond donors (Lipinski definition) is 2. The van der Waals surface area contributed by atoms with Crippen molar-refractivity contribution in [2.75, 3.05) is 13.2 Å². The van der Waals surface area contributed by atoms with E-state index in [9.17, 15) is 9.90 Å². The maximum atomic E-state index is 12.1. The van der Waals surface area contributed by atoms with Crippen molar-refractivity contribution in [3.8, 4) is 5.75 Å². The molecule has 0 radical (unpaired) electrons. The van der Waals surface area contributed by atoms with Gasteiger partial charge in [-0.2, -0.15) is 0 Å². The van der Waals surface area contributed by atoms with Gasteiger partial charge in [-0.05, 0) is 43.2 Å². The Morgan fingerprint density at radius 2 is 2.11 bits per heavy atom. The lowest BCUT2D eigenvalue weighted by atomic mass is 9.84. The van der Waals surface area contributed by atoms with Crippen molar-refractivity contribution >= 4 is 5.97 Å². The van der Waals surface area contributed by atoms with Crippen LogP contribution < -0.4 is 10.1 Å². The molecule has 3 rings (SSSR count).